The fourth-order valence-electron chi connectivity index (χ4n) is 12.9. The molecule has 320 valence electrons. The molecule has 10 aromatic rings. The van der Waals surface area contributed by atoms with Gasteiger partial charge in [-0.3, -0.25) is 0 Å². The van der Waals surface area contributed by atoms with Gasteiger partial charge in [0, 0.05) is 48.5 Å². The highest BCUT2D eigenvalue weighted by molar-refractivity contribution is 7.26. The fraction of sp³-hybridized carbons (Fsp3) is 0.143. The summed E-state index contributed by atoms with van der Waals surface area (Å²) in [6.45, 7) is 9.69. The van der Waals surface area contributed by atoms with Gasteiger partial charge in [-0.05, 0) is 127 Å². The van der Waals surface area contributed by atoms with E-state index >= 15 is 0 Å². The van der Waals surface area contributed by atoms with Gasteiger partial charge in [0.25, 0.3) is 0 Å². The van der Waals surface area contributed by atoms with Crippen LogP contribution in [0.2, 0.25) is 0 Å². The van der Waals surface area contributed by atoms with E-state index in [9.17, 15) is 0 Å². The largest absolute Gasteiger partial charge is 0.376 e. The molecule has 0 spiro atoms. The first-order valence-electron chi connectivity index (χ1n) is 24.0. The van der Waals surface area contributed by atoms with Crippen molar-refractivity contribution in [3.63, 3.8) is 0 Å². The monoisotopic (exact) mass is 876 g/mol. The Hall–Kier alpha value is -7.14. The smallest absolute Gasteiger partial charge is 0.333 e. The van der Waals surface area contributed by atoms with Crippen LogP contribution >= 0.6 is 11.3 Å². The van der Waals surface area contributed by atoms with Crippen LogP contribution in [0.4, 0.5) is 28.4 Å². The van der Waals surface area contributed by atoms with Crippen molar-refractivity contribution >= 4 is 77.7 Å². The van der Waals surface area contributed by atoms with Gasteiger partial charge in [-0.1, -0.05) is 185 Å². The van der Waals surface area contributed by atoms with Crippen LogP contribution in [-0.2, 0) is 16.2 Å². The van der Waals surface area contributed by atoms with Crippen molar-refractivity contribution in [2.75, 3.05) is 9.71 Å². The molecule has 0 fully saturated rings. The molecule has 0 unspecified atom stereocenters. The maximum atomic E-state index is 2.76. The maximum Gasteiger partial charge on any atom is 0.333 e. The average molecular weight is 877 g/mol. The van der Waals surface area contributed by atoms with E-state index in [2.05, 4.69) is 238 Å². The Bertz CT molecular complexity index is 3620. The predicted octanol–water partition coefficient (Wildman–Crippen LogP) is 15.5. The summed E-state index contributed by atoms with van der Waals surface area (Å²) in [5.74, 6) is 0. The summed E-state index contributed by atoms with van der Waals surface area (Å²) in [6.07, 6.45) is 2.35. The van der Waals surface area contributed by atoms with Crippen molar-refractivity contribution in [2.24, 2.45) is 0 Å². The lowest BCUT2D eigenvalue weighted by Crippen LogP contribution is -2.62. The maximum absolute atomic E-state index is 2.76. The summed E-state index contributed by atoms with van der Waals surface area (Å²) < 4.78 is 2.67. The molecule has 0 amide bonds. The number of rotatable bonds is 4. The van der Waals surface area contributed by atoms with Gasteiger partial charge in [-0.2, -0.15) is 0 Å². The summed E-state index contributed by atoms with van der Waals surface area (Å²) in [5.41, 5.74) is 21.7. The molecule has 9 aromatic carbocycles. The summed E-state index contributed by atoms with van der Waals surface area (Å²) in [5, 5.41) is 2.64. The standard InChI is InChI=1S/C63H49BN2S/c1-61(2)35-36-62(3,4)51-39-44(31-33-48(51)61)66-54-34-32-46-45-25-14-17-30-56(45)67-60(46)57(54)47-37-41(40-19-8-5-9-20-40)38-55-58(47)64(66)52-28-18-27-50-59(52)65(55)53-29-16-15-26-49(53)63(50,42-21-10-6-11-22-42)43-23-12-7-13-24-43/h5-34,37-39H,35-36H2,1-4H3. The minimum Gasteiger partial charge on any atom is -0.376 e. The van der Waals surface area contributed by atoms with Crippen LogP contribution in [0.25, 0.3) is 42.4 Å². The first-order valence-corrected chi connectivity index (χ1v) is 24.8. The zero-order chi connectivity index (χ0) is 44.8. The lowest BCUT2D eigenvalue weighted by atomic mass is 9.42. The van der Waals surface area contributed by atoms with Crippen LogP contribution in [-0.4, -0.2) is 6.85 Å². The summed E-state index contributed by atoms with van der Waals surface area (Å²) in [6, 6.07) is 76.5. The highest BCUT2D eigenvalue weighted by Crippen LogP contribution is 2.60. The molecule has 3 aliphatic heterocycles. The molecule has 4 aliphatic rings. The van der Waals surface area contributed by atoms with Gasteiger partial charge >= 0.3 is 6.85 Å². The van der Waals surface area contributed by atoms with E-state index in [1.165, 1.54) is 122 Å². The first-order chi connectivity index (χ1) is 32.7. The molecule has 0 bridgehead atoms. The first kappa shape index (κ1) is 39.1. The Kier molecular flexibility index (Phi) is 8.13. The molecule has 0 N–H and O–H groups in total. The van der Waals surface area contributed by atoms with E-state index in [1.54, 1.807) is 0 Å². The van der Waals surface area contributed by atoms with Crippen LogP contribution in [0.3, 0.4) is 0 Å². The van der Waals surface area contributed by atoms with E-state index in [4.69, 9.17) is 0 Å². The number of thiophene rings is 1. The van der Waals surface area contributed by atoms with Crippen molar-refractivity contribution in [3.05, 3.63) is 234 Å². The third-order valence-electron chi connectivity index (χ3n) is 16.2. The Morgan fingerprint density at radius 3 is 1.90 bits per heavy atom. The lowest BCUT2D eigenvalue weighted by molar-refractivity contribution is 0.332. The normalized spacial score (nSPS) is 16.5. The second-order valence-electron chi connectivity index (χ2n) is 20.6. The van der Waals surface area contributed by atoms with Crippen molar-refractivity contribution in [2.45, 2.75) is 56.8 Å². The molecule has 2 nitrogen and oxygen atoms in total. The second kappa shape index (κ2) is 14.0. The number of nitrogens with zero attached hydrogens (tertiary/aromatic N) is 2. The Morgan fingerprint density at radius 1 is 0.478 bits per heavy atom. The minimum absolute atomic E-state index is 0.0481. The highest BCUT2D eigenvalue weighted by Gasteiger charge is 2.53. The predicted molar refractivity (Wildman–Crippen MR) is 286 cm³/mol. The molecule has 0 saturated carbocycles. The Labute approximate surface area is 397 Å². The molecule has 14 rings (SSSR count). The summed E-state index contributed by atoms with van der Waals surface area (Å²) in [4.78, 5) is 5.42. The Balaban J connectivity index is 1.16. The van der Waals surface area contributed by atoms with Gasteiger partial charge in [-0.15, -0.1) is 11.3 Å². The molecular weight excluding hydrogens is 828 g/mol. The van der Waals surface area contributed by atoms with Gasteiger partial charge in [-0.25, -0.2) is 0 Å². The van der Waals surface area contributed by atoms with E-state index < -0.39 is 5.41 Å². The van der Waals surface area contributed by atoms with Crippen LogP contribution in [0, 0.1) is 0 Å². The molecule has 4 heterocycles. The number of hydrogen-bond donors (Lipinski definition) is 0. The van der Waals surface area contributed by atoms with Gasteiger partial charge in [0.2, 0.25) is 0 Å². The second-order valence-corrected chi connectivity index (χ2v) is 21.7. The number of anilines is 5. The van der Waals surface area contributed by atoms with E-state index in [1.807, 2.05) is 11.3 Å². The molecule has 0 atom stereocenters. The number of benzene rings is 9. The molecule has 0 radical (unpaired) electrons. The van der Waals surface area contributed by atoms with E-state index in [0.29, 0.717) is 0 Å². The average Bonchev–Trinajstić information content (AvgIpc) is 3.76. The SMILES string of the molecule is CC1(C)CCC(C)(C)c2cc(N3B4c5cccc6c5N(c5ccccc5C6(c5ccccc5)c5ccccc5)c5cc(-c6ccccc6)cc(c54)-c4c3ccc3c4sc4ccccc43)ccc21. The van der Waals surface area contributed by atoms with Crippen LogP contribution in [0.1, 0.15) is 73.9 Å². The molecule has 1 aliphatic carbocycles. The number of fused-ring (bicyclic) bond motifs is 11. The molecule has 1 aromatic heterocycles. The van der Waals surface area contributed by atoms with Gasteiger partial charge < -0.3 is 9.71 Å². The van der Waals surface area contributed by atoms with Crippen molar-refractivity contribution in [1.29, 1.82) is 0 Å². The molecule has 67 heavy (non-hydrogen) atoms. The summed E-state index contributed by atoms with van der Waals surface area (Å²) in [7, 11) is 0. The van der Waals surface area contributed by atoms with Crippen LogP contribution in [0.5, 0.6) is 0 Å². The number of para-hydroxylation sites is 2. The van der Waals surface area contributed by atoms with Crippen molar-refractivity contribution < 1.29 is 0 Å². The van der Waals surface area contributed by atoms with Gasteiger partial charge in [0.15, 0.2) is 0 Å². The van der Waals surface area contributed by atoms with E-state index in [-0.39, 0.29) is 17.7 Å². The topological polar surface area (TPSA) is 6.48 Å². The highest BCUT2D eigenvalue weighted by atomic mass is 32.1. The molecule has 0 saturated heterocycles. The zero-order valence-corrected chi connectivity index (χ0v) is 39.2. The van der Waals surface area contributed by atoms with Crippen molar-refractivity contribution in [3.8, 4) is 22.3 Å². The van der Waals surface area contributed by atoms with Crippen molar-refractivity contribution in [1.82, 2.24) is 0 Å². The summed E-state index contributed by atoms with van der Waals surface area (Å²) >= 11 is 1.94. The van der Waals surface area contributed by atoms with Crippen LogP contribution < -0.4 is 20.6 Å². The number of hydrogen-bond acceptors (Lipinski definition) is 3. The van der Waals surface area contributed by atoms with Gasteiger partial charge in [0.05, 0.1) is 11.1 Å². The third-order valence-corrected chi connectivity index (χ3v) is 17.4. The third kappa shape index (κ3) is 5.28. The fourth-order valence-corrected chi connectivity index (χ4v) is 14.2. The van der Waals surface area contributed by atoms with Crippen LogP contribution in [0.15, 0.2) is 200 Å². The molecule has 4 heteroatoms. The quantitative estimate of drug-likeness (QED) is 0.163. The Morgan fingerprint density at radius 2 is 1.13 bits per heavy atom. The van der Waals surface area contributed by atoms with E-state index in [0.717, 1.165) is 6.42 Å². The zero-order valence-electron chi connectivity index (χ0n) is 38.3. The lowest BCUT2D eigenvalue weighted by Gasteiger charge is -2.52. The van der Waals surface area contributed by atoms with Gasteiger partial charge in [0.1, 0.15) is 0 Å². The molecular formula is C63H49BN2S. The minimum atomic E-state index is -0.583.